The van der Waals surface area contributed by atoms with Gasteiger partial charge in [0.2, 0.25) is 0 Å². The molecule has 16 heavy (non-hydrogen) atoms. The molecule has 0 aliphatic rings. The first-order valence-corrected chi connectivity index (χ1v) is 5.41. The van der Waals surface area contributed by atoms with Crippen molar-refractivity contribution < 1.29 is 0 Å². The molecule has 0 aliphatic carbocycles. The Bertz CT molecular complexity index is 421. The Labute approximate surface area is 103 Å². The predicted octanol–water partition coefficient (Wildman–Crippen LogP) is 3.39. The molecule has 0 spiro atoms. The number of rotatable bonds is 4. The molecular formula is C12H12BrN3. The molecule has 82 valence electrons. The van der Waals surface area contributed by atoms with E-state index >= 15 is 0 Å². The zero-order valence-corrected chi connectivity index (χ0v) is 10.3. The average Bonchev–Trinajstić information content (AvgIpc) is 2.26. The van der Waals surface area contributed by atoms with Crippen LogP contribution in [-0.2, 0) is 0 Å². The van der Waals surface area contributed by atoms with Crippen molar-refractivity contribution in [1.82, 2.24) is 5.32 Å². The third-order valence-corrected chi connectivity index (χ3v) is 1.77. The average molecular weight is 278 g/mol. The van der Waals surface area contributed by atoms with Crippen LogP contribution in [0.4, 0.5) is 5.69 Å². The van der Waals surface area contributed by atoms with Gasteiger partial charge < -0.3 is 5.32 Å². The summed E-state index contributed by atoms with van der Waals surface area (Å²) >= 11 is 3.21. The lowest BCUT2D eigenvalue weighted by molar-refractivity contribution is 1.27. The number of nitrogens with one attached hydrogen (secondary N) is 1. The summed E-state index contributed by atoms with van der Waals surface area (Å²) in [5.41, 5.74) is 0.842. The van der Waals surface area contributed by atoms with Gasteiger partial charge >= 0.3 is 0 Å². The molecule has 1 aromatic rings. The second-order valence-corrected chi connectivity index (χ2v) is 3.78. The number of hydrogen-bond acceptors (Lipinski definition) is 2. The molecule has 0 radical (unpaired) electrons. The molecule has 1 aromatic carbocycles. The van der Waals surface area contributed by atoms with Crippen LogP contribution in [0.2, 0.25) is 0 Å². The van der Waals surface area contributed by atoms with Gasteiger partial charge in [0.1, 0.15) is 5.84 Å². The Morgan fingerprint density at radius 1 is 1.31 bits per heavy atom. The maximum atomic E-state index is 4.35. The Hall–Kier alpha value is -1.68. The number of nitrogens with zero attached hydrogens (tertiary/aromatic N) is 2. The van der Waals surface area contributed by atoms with Crippen LogP contribution in [0.25, 0.3) is 0 Å². The molecule has 3 nitrogen and oxygen atoms in total. The van der Waals surface area contributed by atoms with Crippen LogP contribution >= 0.6 is 15.9 Å². The summed E-state index contributed by atoms with van der Waals surface area (Å²) in [7, 11) is 0. The van der Waals surface area contributed by atoms with E-state index in [9.17, 15) is 0 Å². The fraction of sp³-hybridized carbons (Fsp3) is 0. The van der Waals surface area contributed by atoms with E-state index in [1.807, 2.05) is 30.3 Å². The van der Waals surface area contributed by atoms with Crippen LogP contribution in [-0.4, -0.2) is 12.1 Å². The minimum Gasteiger partial charge on any atom is -0.334 e. The van der Waals surface area contributed by atoms with Crippen LogP contribution in [0.1, 0.15) is 0 Å². The highest BCUT2D eigenvalue weighted by Gasteiger charge is 1.95. The van der Waals surface area contributed by atoms with E-state index in [1.165, 1.54) is 6.20 Å². The fourth-order valence-electron chi connectivity index (χ4n) is 0.993. The molecule has 1 rings (SSSR count). The van der Waals surface area contributed by atoms with Gasteiger partial charge in [0.25, 0.3) is 0 Å². The summed E-state index contributed by atoms with van der Waals surface area (Å²) in [5.74, 6) is 0.591. The third-order valence-electron chi connectivity index (χ3n) is 1.57. The maximum absolute atomic E-state index is 4.35. The highest BCUT2D eigenvalue weighted by molar-refractivity contribution is 9.11. The standard InChI is InChI=1S/C12H12BrN3/c1-3-14-9-12(15-10(2)13)16-11-7-5-4-6-8-11/h3-9H,1-2H2,(H,15,16). The van der Waals surface area contributed by atoms with Gasteiger partial charge in [-0.2, -0.15) is 0 Å². The summed E-state index contributed by atoms with van der Waals surface area (Å²) in [6, 6.07) is 9.59. The Morgan fingerprint density at radius 2 is 2.00 bits per heavy atom. The molecule has 0 aliphatic heterocycles. The highest BCUT2D eigenvalue weighted by atomic mass is 79.9. The van der Waals surface area contributed by atoms with Gasteiger partial charge in [-0.15, -0.1) is 0 Å². The summed E-state index contributed by atoms with van der Waals surface area (Å²) in [6.07, 6.45) is 3.02. The van der Waals surface area contributed by atoms with E-state index in [4.69, 9.17) is 0 Å². The van der Waals surface area contributed by atoms with Crippen LogP contribution < -0.4 is 5.32 Å². The van der Waals surface area contributed by atoms with Gasteiger partial charge in [-0.05, 0) is 28.1 Å². The van der Waals surface area contributed by atoms with Gasteiger partial charge in [-0.3, -0.25) is 4.99 Å². The van der Waals surface area contributed by atoms with E-state index in [0.29, 0.717) is 10.4 Å². The third kappa shape index (κ3) is 4.70. The van der Waals surface area contributed by atoms with Crippen molar-refractivity contribution in [3.8, 4) is 0 Å². The van der Waals surface area contributed by atoms with Gasteiger partial charge in [0, 0.05) is 6.20 Å². The van der Waals surface area contributed by atoms with Crippen LogP contribution in [0.3, 0.4) is 0 Å². The molecule has 0 heterocycles. The van der Waals surface area contributed by atoms with E-state index in [1.54, 1.807) is 6.21 Å². The zero-order valence-electron chi connectivity index (χ0n) is 8.73. The number of halogens is 1. The van der Waals surface area contributed by atoms with Gasteiger partial charge in [-0.25, -0.2) is 4.99 Å². The highest BCUT2D eigenvalue weighted by Crippen LogP contribution is 2.09. The van der Waals surface area contributed by atoms with Gasteiger partial charge in [0.15, 0.2) is 0 Å². The molecule has 0 atom stereocenters. The van der Waals surface area contributed by atoms with Crippen molar-refractivity contribution in [2.75, 3.05) is 0 Å². The topological polar surface area (TPSA) is 36.8 Å². The first-order valence-electron chi connectivity index (χ1n) is 4.61. The summed E-state index contributed by atoms with van der Waals surface area (Å²) in [6.45, 7) is 7.19. The van der Waals surface area contributed by atoms with Crippen LogP contribution in [0.15, 0.2) is 64.3 Å². The SMILES string of the molecule is C=CN=CC(=Nc1ccccc1)NC(=C)Br. The lowest BCUT2D eigenvalue weighted by Gasteiger charge is -2.02. The monoisotopic (exact) mass is 277 g/mol. The first-order chi connectivity index (χ1) is 7.72. The molecule has 4 heteroatoms. The Morgan fingerprint density at radius 3 is 2.56 bits per heavy atom. The maximum Gasteiger partial charge on any atom is 0.149 e. The normalized spacial score (nSPS) is 11.4. The van der Waals surface area contributed by atoms with E-state index in [0.717, 1.165) is 5.69 Å². The van der Waals surface area contributed by atoms with Gasteiger partial charge in [-0.1, -0.05) is 31.4 Å². The largest absolute Gasteiger partial charge is 0.334 e. The molecule has 0 fully saturated rings. The molecule has 0 aromatic heterocycles. The van der Waals surface area contributed by atoms with Crippen molar-refractivity contribution in [3.05, 3.63) is 54.3 Å². The number of para-hydroxylation sites is 1. The number of aliphatic imine (C=N–C) groups is 2. The lowest BCUT2D eigenvalue weighted by Crippen LogP contribution is -2.20. The molecule has 0 saturated heterocycles. The number of benzene rings is 1. The molecule has 1 N–H and O–H groups in total. The van der Waals surface area contributed by atoms with E-state index < -0.39 is 0 Å². The zero-order chi connectivity index (χ0) is 11.8. The minimum absolute atomic E-state index is 0.591. The molecular weight excluding hydrogens is 266 g/mol. The summed E-state index contributed by atoms with van der Waals surface area (Å²) < 4.78 is 0.623. The van der Waals surface area contributed by atoms with Gasteiger partial charge in [0.05, 0.1) is 16.5 Å². The Balaban J connectivity index is 2.91. The second-order valence-electron chi connectivity index (χ2n) is 2.82. The van der Waals surface area contributed by atoms with E-state index in [2.05, 4.69) is 44.4 Å². The minimum atomic E-state index is 0.591. The molecule has 0 bridgehead atoms. The summed E-state index contributed by atoms with van der Waals surface area (Å²) in [4.78, 5) is 8.26. The molecule has 0 amide bonds. The van der Waals surface area contributed by atoms with Crippen LogP contribution in [0, 0.1) is 0 Å². The first kappa shape index (κ1) is 12.4. The second kappa shape index (κ2) is 6.74. The van der Waals surface area contributed by atoms with Crippen molar-refractivity contribution in [2.24, 2.45) is 9.98 Å². The number of amidine groups is 1. The molecule has 0 saturated carbocycles. The number of hydrogen-bond donors (Lipinski definition) is 1. The quantitative estimate of drug-likeness (QED) is 0.511. The molecule has 0 unspecified atom stereocenters. The summed E-state index contributed by atoms with van der Waals surface area (Å²) in [5, 5.41) is 2.94. The van der Waals surface area contributed by atoms with Crippen LogP contribution in [0.5, 0.6) is 0 Å². The van der Waals surface area contributed by atoms with Crippen molar-refractivity contribution in [2.45, 2.75) is 0 Å². The van der Waals surface area contributed by atoms with Crippen molar-refractivity contribution in [3.63, 3.8) is 0 Å². The smallest absolute Gasteiger partial charge is 0.149 e. The van der Waals surface area contributed by atoms with E-state index in [-0.39, 0.29) is 0 Å². The van der Waals surface area contributed by atoms with Crippen molar-refractivity contribution >= 4 is 33.7 Å². The predicted molar refractivity (Wildman–Crippen MR) is 73.4 cm³/mol. The van der Waals surface area contributed by atoms with Crippen molar-refractivity contribution in [1.29, 1.82) is 0 Å². The lowest BCUT2D eigenvalue weighted by atomic mass is 10.3. The fourth-order valence-corrected chi connectivity index (χ4v) is 1.20. The Kier molecular flexibility index (Phi) is 5.22.